The largest absolute Gasteiger partial charge is 0.504 e. The van der Waals surface area contributed by atoms with E-state index in [4.69, 9.17) is 0 Å². The smallest absolute Gasteiger partial charge is 0.261 e. The zero-order valence-corrected chi connectivity index (χ0v) is 17.1. The van der Waals surface area contributed by atoms with Crippen LogP contribution in [0.3, 0.4) is 0 Å². The van der Waals surface area contributed by atoms with Gasteiger partial charge in [0.15, 0.2) is 23.1 Å². The summed E-state index contributed by atoms with van der Waals surface area (Å²) in [4.78, 5) is 35.8. The first-order chi connectivity index (χ1) is 10.5. The molecule has 0 saturated carbocycles. The van der Waals surface area contributed by atoms with E-state index in [0.717, 1.165) is 22.7 Å². The van der Waals surface area contributed by atoms with Crippen molar-refractivity contribution < 1.29 is 24.6 Å². The molecule has 2 aromatic heterocycles. The monoisotopic (exact) mass is 542 g/mol. The van der Waals surface area contributed by atoms with Crippen LogP contribution in [0.5, 0.6) is 0 Å². The number of aliphatic hydroxyl groups excluding tert-OH is 2. The van der Waals surface area contributed by atoms with Gasteiger partial charge in [0.25, 0.3) is 5.78 Å². The molecule has 23 heavy (non-hydrogen) atoms. The Balaban J connectivity index is 0.00000264. The Morgan fingerprint density at radius 2 is 1.22 bits per heavy atom. The third kappa shape index (κ3) is 5.22. The fourth-order valence-corrected chi connectivity index (χ4v) is 2.76. The van der Waals surface area contributed by atoms with Crippen molar-refractivity contribution >= 4 is 67.3 Å². The fraction of sp³-hybridized carbons (Fsp3) is 0. The van der Waals surface area contributed by atoms with E-state index in [2.05, 4.69) is 0 Å². The first-order valence-corrected chi connectivity index (χ1v) is 7.76. The van der Waals surface area contributed by atoms with Crippen LogP contribution in [-0.2, 0) is 4.79 Å². The number of ketones is 3. The molecule has 0 atom stereocenters. The summed E-state index contributed by atoms with van der Waals surface area (Å²) >= 11 is 2.31. The van der Waals surface area contributed by atoms with Crippen LogP contribution >= 0.6 is 22.7 Å². The van der Waals surface area contributed by atoms with Gasteiger partial charge in [-0.15, -0.1) is 22.7 Å². The second kappa shape index (κ2) is 8.89. The Kier molecular flexibility index (Phi) is 7.52. The fourth-order valence-electron chi connectivity index (χ4n) is 1.49. The maximum absolute atomic E-state index is 11.7. The molecule has 0 bridgehead atoms. The van der Waals surface area contributed by atoms with E-state index >= 15 is 0 Å². The van der Waals surface area contributed by atoms with Gasteiger partial charge in [0.1, 0.15) is 0 Å². The molecule has 4 radical (unpaired) electrons. The molecule has 116 valence electrons. The van der Waals surface area contributed by atoms with Gasteiger partial charge in [-0.3, -0.25) is 14.4 Å². The van der Waals surface area contributed by atoms with Crippen molar-refractivity contribution in [1.29, 1.82) is 0 Å². The van der Waals surface area contributed by atoms with E-state index in [9.17, 15) is 24.6 Å². The first kappa shape index (κ1) is 19.5. The van der Waals surface area contributed by atoms with Crippen LogP contribution in [0.1, 0.15) is 19.3 Å². The van der Waals surface area contributed by atoms with Crippen molar-refractivity contribution in [2.75, 3.05) is 0 Å². The summed E-state index contributed by atoms with van der Waals surface area (Å²) in [6.45, 7) is 0. The zero-order valence-electron chi connectivity index (χ0n) is 11.6. The third-order valence-electron chi connectivity index (χ3n) is 2.53. The second-order valence-electron chi connectivity index (χ2n) is 4.07. The van der Waals surface area contributed by atoms with Crippen LogP contribution in [0.15, 0.2) is 58.7 Å². The minimum absolute atomic E-state index is 0. The standard InChI is InChI=1S/C15H10O5S2.Pb/c16-9(13-3-1-5-21-13)7-11(18)15(20)12(19)8-10(17)14-4-2-6-22-14;/h1-8,18-19H;. The predicted molar refractivity (Wildman–Crippen MR) is 89.5 cm³/mol. The van der Waals surface area contributed by atoms with Gasteiger partial charge in [-0.2, -0.15) is 0 Å². The van der Waals surface area contributed by atoms with E-state index < -0.39 is 28.9 Å². The van der Waals surface area contributed by atoms with E-state index in [1.165, 1.54) is 12.1 Å². The summed E-state index contributed by atoms with van der Waals surface area (Å²) in [7, 11) is 0. The summed E-state index contributed by atoms with van der Waals surface area (Å²) in [5.74, 6) is -4.15. The molecular formula is C15H10O5PbS2. The average molecular weight is 542 g/mol. The molecule has 8 heteroatoms. The Labute approximate surface area is 159 Å². The van der Waals surface area contributed by atoms with Gasteiger partial charge >= 0.3 is 0 Å². The second-order valence-corrected chi connectivity index (χ2v) is 5.97. The van der Waals surface area contributed by atoms with Gasteiger partial charge in [0, 0.05) is 39.5 Å². The molecule has 0 aliphatic carbocycles. The zero-order chi connectivity index (χ0) is 16.1. The molecule has 0 aliphatic rings. The quantitative estimate of drug-likeness (QED) is 0.254. The van der Waals surface area contributed by atoms with Gasteiger partial charge in [-0.05, 0) is 22.9 Å². The van der Waals surface area contributed by atoms with Crippen LogP contribution in [-0.4, -0.2) is 54.9 Å². The molecule has 0 fully saturated rings. The molecule has 0 saturated heterocycles. The molecule has 2 aromatic rings. The third-order valence-corrected chi connectivity index (χ3v) is 4.30. The number of aliphatic hydroxyl groups is 2. The van der Waals surface area contributed by atoms with E-state index in [0.29, 0.717) is 21.9 Å². The van der Waals surface area contributed by atoms with Gasteiger partial charge in [-0.25, -0.2) is 0 Å². The SMILES string of the molecule is O=C(C(O)=CC(=O)c1cccs1)C(O)=CC(=O)c1cccs1.[Pb]. The minimum atomic E-state index is -1.19. The van der Waals surface area contributed by atoms with Crippen molar-refractivity contribution in [2.24, 2.45) is 0 Å². The minimum Gasteiger partial charge on any atom is -0.504 e. The van der Waals surface area contributed by atoms with Crippen LogP contribution in [0.4, 0.5) is 0 Å². The van der Waals surface area contributed by atoms with Crippen molar-refractivity contribution in [3.8, 4) is 0 Å². The van der Waals surface area contributed by atoms with Gasteiger partial charge in [0.05, 0.1) is 9.75 Å². The molecule has 2 heterocycles. The molecule has 0 amide bonds. The summed E-state index contributed by atoms with van der Waals surface area (Å²) < 4.78 is 0. The number of carbonyl (C=O) groups is 3. The summed E-state index contributed by atoms with van der Waals surface area (Å²) in [5.41, 5.74) is 0. The van der Waals surface area contributed by atoms with Gasteiger partial charge in [0.2, 0.25) is 0 Å². The molecular weight excluding hydrogens is 531 g/mol. The van der Waals surface area contributed by atoms with Crippen molar-refractivity contribution in [1.82, 2.24) is 0 Å². The van der Waals surface area contributed by atoms with Crippen molar-refractivity contribution in [3.05, 3.63) is 68.5 Å². The van der Waals surface area contributed by atoms with E-state index in [1.807, 2.05) is 0 Å². The topological polar surface area (TPSA) is 91.7 Å². The normalized spacial score (nSPS) is 11.7. The number of rotatable bonds is 6. The number of Topliss-reactive ketones (excluding diaryl/α,β-unsaturated/α-hetero) is 1. The van der Waals surface area contributed by atoms with Crippen molar-refractivity contribution in [3.63, 3.8) is 0 Å². The first-order valence-electron chi connectivity index (χ1n) is 6.00. The van der Waals surface area contributed by atoms with Gasteiger partial charge in [-0.1, -0.05) is 12.1 Å². The molecule has 2 rings (SSSR count). The molecule has 0 unspecified atom stereocenters. The van der Waals surface area contributed by atoms with E-state index in [1.54, 1.807) is 22.9 Å². The predicted octanol–water partition coefficient (Wildman–Crippen LogP) is 2.95. The Morgan fingerprint density at radius 3 is 1.52 bits per heavy atom. The summed E-state index contributed by atoms with van der Waals surface area (Å²) in [6, 6.07) is 6.39. The Bertz CT molecular complexity index is 694. The van der Waals surface area contributed by atoms with E-state index in [-0.39, 0.29) is 27.3 Å². The van der Waals surface area contributed by atoms with Crippen LogP contribution in [0.25, 0.3) is 0 Å². The molecule has 0 aliphatic heterocycles. The molecule has 0 spiro atoms. The van der Waals surface area contributed by atoms with Crippen LogP contribution in [0, 0.1) is 0 Å². The van der Waals surface area contributed by atoms with Crippen molar-refractivity contribution in [2.45, 2.75) is 0 Å². The number of hydrogen-bond acceptors (Lipinski definition) is 7. The number of allylic oxidation sites excluding steroid dienone is 2. The molecule has 2 N–H and O–H groups in total. The maximum Gasteiger partial charge on any atom is 0.261 e. The van der Waals surface area contributed by atoms with Crippen LogP contribution in [0.2, 0.25) is 0 Å². The van der Waals surface area contributed by atoms with Gasteiger partial charge < -0.3 is 10.2 Å². The number of thiophene rings is 2. The summed E-state index contributed by atoms with van der Waals surface area (Å²) in [5, 5.41) is 22.5. The number of hydrogen-bond donors (Lipinski definition) is 2. The Morgan fingerprint density at radius 1 is 0.826 bits per heavy atom. The molecule has 0 aromatic carbocycles. The number of carbonyl (C=O) groups excluding carboxylic acids is 3. The Hall–Kier alpha value is -1.59. The maximum atomic E-state index is 11.7. The summed E-state index contributed by atoms with van der Waals surface area (Å²) in [6.07, 6.45) is 1.43. The van der Waals surface area contributed by atoms with Crippen LogP contribution < -0.4 is 0 Å². The molecule has 5 nitrogen and oxygen atoms in total. The average Bonchev–Trinajstić information content (AvgIpc) is 3.18.